The molecule has 0 unspecified atom stereocenters. The highest BCUT2D eigenvalue weighted by molar-refractivity contribution is 7.99. The van der Waals surface area contributed by atoms with Gasteiger partial charge in [-0.2, -0.15) is 24.4 Å². The van der Waals surface area contributed by atoms with Crippen LogP contribution in [0.4, 0.5) is 4.79 Å². The molecule has 2 atom stereocenters. The maximum absolute atomic E-state index is 12.1. The molecule has 2 aliphatic heterocycles. The van der Waals surface area contributed by atoms with Crippen molar-refractivity contribution in [1.82, 2.24) is 15.1 Å². The Kier molecular flexibility index (Phi) is 7.17. The van der Waals surface area contributed by atoms with E-state index in [-0.39, 0.29) is 24.0 Å². The zero-order valence-electron chi connectivity index (χ0n) is 12.6. The molecular formula is C14H23N3O2S3. The van der Waals surface area contributed by atoms with Crippen molar-refractivity contribution in [2.75, 3.05) is 44.3 Å². The molecule has 0 radical (unpaired) electrons. The third-order valence-corrected chi connectivity index (χ3v) is 5.46. The zero-order valence-corrected chi connectivity index (χ0v) is 15.1. The maximum Gasteiger partial charge on any atom is 0.410 e. The lowest BCUT2D eigenvalue weighted by atomic mass is 10.2. The van der Waals surface area contributed by atoms with E-state index in [4.69, 9.17) is 17.0 Å². The van der Waals surface area contributed by atoms with E-state index < -0.39 is 0 Å². The van der Waals surface area contributed by atoms with E-state index in [1.807, 2.05) is 11.8 Å². The van der Waals surface area contributed by atoms with Gasteiger partial charge in [-0.15, -0.1) is 0 Å². The van der Waals surface area contributed by atoms with Crippen LogP contribution in [0.25, 0.3) is 0 Å². The highest BCUT2D eigenvalue weighted by Crippen LogP contribution is 2.22. The van der Waals surface area contributed by atoms with Crippen molar-refractivity contribution < 1.29 is 9.53 Å². The molecular weight excluding hydrogens is 338 g/mol. The van der Waals surface area contributed by atoms with E-state index in [0.29, 0.717) is 13.1 Å². The Morgan fingerprint density at radius 2 is 2.23 bits per heavy atom. The first kappa shape index (κ1) is 17.7. The minimum Gasteiger partial charge on any atom is -0.445 e. The Morgan fingerprint density at radius 3 is 2.91 bits per heavy atom. The third-order valence-electron chi connectivity index (χ3n) is 3.74. The molecule has 0 aromatic carbocycles. The van der Waals surface area contributed by atoms with E-state index in [1.165, 1.54) is 0 Å². The average Bonchev–Trinajstić information content (AvgIpc) is 2.92. The van der Waals surface area contributed by atoms with Crippen LogP contribution in [0.3, 0.4) is 0 Å². The van der Waals surface area contributed by atoms with Crippen molar-refractivity contribution in [1.29, 1.82) is 0 Å². The predicted octanol–water partition coefficient (Wildman–Crippen LogP) is 1.60. The van der Waals surface area contributed by atoms with Crippen LogP contribution in [0.15, 0.2) is 12.7 Å². The summed E-state index contributed by atoms with van der Waals surface area (Å²) in [5.41, 5.74) is 0. The minimum absolute atomic E-state index is 0.0666. The van der Waals surface area contributed by atoms with E-state index in [0.717, 1.165) is 36.1 Å². The van der Waals surface area contributed by atoms with Gasteiger partial charge in [-0.1, -0.05) is 12.7 Å². The molecule has 0 spiro atoms. The molecule has 2 aliphatic rings. The number of thioether (sulfide) groups is 1. The van der Waals surface area contributed by atoms with E-state index in [2.05, 4.69) is 29.4 Å². The van der Waals surface area contributed by atoms with Crippen LogP contribution in [0.1, 0.15) is 6.42 Å². The fourth-order valence-electron chi connectivity index (χ4n) is 2.61. The summed E-state index contributed by atoms with van der Waals surface area (Å²) in [7, 11) is 0. The number of thiol groups is 1. The van der Waals surface area contributed by atoms with Crippen LogP contribution < -0.4 is 5.32 Å². The van der Waals surface area contributed by atoms with Gasteiger partial charge >= 0.3 is 6.09 Å². The number of thiocarbonyl (C=S) groups is 1. The predicted molar refractivity (Wildman–Crippen MR) is 98.9 cm³/mol. The van der Waals surface area contributed by atoms with Gasteiger partial charge in [-0.05, 0) is 18.6 Å². The first-order chi connectivity index (χ1) is 10.6. The monoisotopic (exact) mass is 361 g/mol. The number of carbonyl (C=O) groups is 1. The standard InChI is InChI=1S/C14H23N3O2S3/c1-2-5-19-14(18)17-10-12(20)8-11(17)9-15-13(21)16-3-6-22-7-4-16/h2,11-12,20H,1,3-10H2,(H,15,21)/t11-,12-/m0/s1. The molecule has 0 aromatic heterocycles. The molecule has 0 aromatic rings. The van der Waals surface area contributed by atoms with Gasteiger partial charge < -0.3 is 19.9 Å². The van der Waals surface area contributed by atoms with Crippen molar-refractivity contribution in [2.45, 2.75) is 17.7 Å². The highest BCUT2D eigenvalue weighted by Gasteiger charge is 2.34. The number of hydrogen-bond acceptors (Lipinski definition) is 5. The van der Waals surface area contributed by atoms with Crippen molar-refractivity contribution >= 4 is 47.8 Å². The van der Waals surface area contributed by atoms with E-state index in [9.17, 15) is 4.79 Å². The van der Waals surface area contributed by atoms with Crippen LogP contribution in [0, 0.1) is 0 Å². The van der Waals surface area contributed by atoms with Gasteiger partial charge in [0, 0.05) is 42.9 Å². The minimum atomic E-state index is -0.302. The SMILES string of the molecule is C=CCOC(=O)N1C[C@@H](S)C[C@H]1CNC(=S)N1CCSCC1. The van der Waals surface area contributed by atoms with Gasteiger partial charge in [-0.3, -0.25) is 0 Å². The number of amides is 1. The lowest BCUT2D eigenvalue weighted by Gasteiger charge is -2.31. The molecule has 0 aliphatic carbocycles. The molecule has 1 N–H and O–H groups in total. The molecule has 2 fully saturated rings. The second-order valence-corrected chi connectivity index (χ2v) is 7.69. The summed E-state index contributed by atoms with van der Waals surface area (Å²) in [5, 5.41) is 4.26. The second-order valence-electron chi connectivity index (χ2n) is 5.35. The second kappa shape index (κ2) is 8.88. The molecule has 2 saturated heterocycles. The Bertz CT molecular complexity index is 416. The normalized spacial score (nSPS) is 25.0. The molecule has 124 valence electrons. The quantitative estimate of drug-likeness (QED) is 0.451. The van der Waals surface area contributed by atoms with Crippen molar-refractivity contribution in [2.24, 2.45) is 0 Å². The van der Waals surface area contributed by atoms with E-state index >= 15 is 0 Å². The summed E-state index contributed by atoms with van der Waals surface area (Å²) in [6.07, 6.45) is 2.12. The molecule has 8 heteroatoms. The summed E-state index contributed by atoms with van der Waals surface area (Å²) < 4.78 is 5.14. The van der Waals surface area contributed by atoms with Gasteiger partial charge in [0.2, 0.25) is 0 Å². The van der Waals surface area contributed by atoms with Crippen LogP contribution in [0.5, 0.6) is 0 Å². The van der Waals surface area contributed by atoms with Crippen molar-refractivity contribution in [3.63, 3.8) is 0 Å². The molecule has 2 heterocycles. The van der Waals surface area contributed by atoms with Crippen molar-refractivity contribution in [3.05, 3.63) is 12.7 Å². The Hall–Kier alpha value is -0.600. The number of nitrogens with zero attached hydrogens (tertiary/aromatic N) is 2. The molecule has 22 heavy (non-hydrogen) atoms. The summed E-state index contributed by atoms with van der Waals surface area (Å²) in [6.45, 7) is 7.02. The van der Waals surface area contributed by atoms with Gasteiger partial charge in [0.15, 0.2) is 5.11 Å². The summed E-state index contributed by atoms with van der Waals surface area (Å²) in [6, 6.07) is 0.0666. The largest absolute Gasteiger partial charge is 0.445 e. The number of nitrogens with one attached hydrogen (secondary N) is 1. The van der Waals surface area contributed by atoms with Crippen LogP contribution >= 0.6 is 36.6 Å². The number of hydrogen-bond donors (Lipinski definition) is 2. The van der Waals surface area contributed by atoms with Gasteiger partial charge in [0.1, 0.15) is 6.61 Å². The zero-order chi connectivity index (χ0) is 15.9. The molecule has 5 nitrogen and oxygen atoms in total. The highest BCUT2D eigenvalue weighted by atomic mass is 32.2. The molecule has 1 amide bonds. The third kappa shape index (κ3) is 4.96. The number of ether oxygens (including phenoxy) is 1. The van der Waals surface area contributed by atoms with Gasteiger partial charge in [0.25, 0.3) is 0 Å². The van der Waals surface area contributed by atoms with E-state index in [1.54, 1.807) is 11.0 Å². The van der Waals surface area contributed by atoms with Crippen molar-refractivity contribution in [3.8, 4) is 0 Å². The first-order valence-electron chi connectivity index (χ1n) is 7.44. The molecule has 2 rings (SSSR count). The maximum atomic E-state index is 12.1. The first-order valence-corrected chi connectivity index (χ1v) is 9.52. The number of rotatable bonds is 4. The lowest BCUT2D eigenvalue weighted by Crippen LogP contribution is -2.49. The topological polar surface area (TPSA) is 44.8 Å². The molecule has 0 saturated carbocycles. The summed E-state index contributed by atoms with van der Waals surface area (Å²) in [5.74, 6) is 2.23. The summed E-state index contributed by atoms with van der Waals surface area (Å²) >= 11 is 11.9. The lowest BCUT2D eigenvalue weighted by molar-refractivity contribution is 0.108. The van der Waals surface area contributed by atoms with Crippen LogP contribution in [-0.2, 0) is 4.74 Å². The van der Waals surface area contributed by atoms with Gasteiger partial charge in [0.05, 0.1) is 6.04 Å². The fraction of sp³-hybridized carbons (Fsp3) is 0.714. The number of likely N-dealkylation sites (tertiary alicyclic amines) is 1. The smallest absolute Gasteiger partial charge is 0.410 e. The fourth-order valence-corrected chi connectivity index (χ4v) is 4.19. The number of carbonyl (C=O) groups excluding carboxylic acids is 1. The average molecular weight is 362 g/mol. The van der Waals surface area contributed by atoms with Crippen LogP contribution in [0.2, 0.25) is 0 Å². The van der Waals surface area contributed by atoms with Crippen LogP contribution in [-0.4, -0.2) is 76.6 Å². The Labute approximate surface area is 147 Å². The summed E-state index contributed by atoms with van der Waals surface area (Å²) in [4.78, 5) is 16.0. The Morgan fingerprint density at radius 1 is 1.50 bits per heavy atom. The molecule has 0 bridgehead atoms. The Balaban J connectivity index is 1.82. The van der Waals surface area contributed by atoms with Gasteiger partial charge in [-0.25, -0.2) is 4.79 Å².